The zero-order valence-electron chi connectivity index (χ0n) is 15.9. The van der Waals surface area contributed by atoms with Crippen LogP contribution in [0.3, 0.4) is 0 Å². The van der Waals surface area contributed by atoms with E-state index < -0.39 is 0 Å². The predicted octanol–water partition coefficient (Wildman–Crippen LogP) is 3.82. The molecular formula is C22H19N7O. The van der Waals surface area contributed by atoms with Gasteiger partial charge in [-0.1, -0.05) is 6.07 Å². The van der Waals surface area contributed by atoms with Gasteiger partial charge in [0.1, 0.15) is 5.84 Å². The first-order chi connectivity index (χ1) is 14.7. The predicted molar refractivity (Wildman–Crippen MR) is 119 cm³/mol. The van der Waals surface area contributed by atoms with Crippen LogP contribution < -0.4 is 16.4 Å². The second-order valence-corrected chi connectivity index (χ2v) is 6.43. The van der Waals surface area contributed by atoms with Crippen molar-refractivity contribution in [1.29, 1.82) is 0 Å². The van der Waals surface area contributed by atoms with Gasteiger partial charge in [0.15, 0.2) is 0 Å². The van der Waals surface area contributed by atoms with Gasteiger partial charge >= 0.3 is 0 Å². The van der Waals surface area contributed by atoms with Gasteiger partial charge in [0.2, 0.25) is 0 Å². The lowest BCUT2D eigenvalue weighted by molar-refractivity contribution is 0.102. The summed E-state index contributed by atoms with van der Waals surface area (Å²) in [6.45, 7) is 0. The van der Waals surface area contributed by atoms with Crippen LogP contribution in [0.15, 0.2) is 90.5 Å². The third-order valence-corrected chi connectivity index (χ3v) is 4.23. The monoisotopic (exact) mass is 397 g/mol. The molecule has 30 heavy (non-hydrogen) atoms. The maximum absolute atomic E-state index is 12.2. The lowest BCUT2D eigenvalue weighted by atomic mass is 10.2. The molecule has 8 heteroatoms. The number of fused-ring (bicyclic) bond motifs is 1. The smallest absolute Gasteiger partial charge is 0.257 e. The van der Waals surface area contributed by atoms with Gasteiger partial charge in [-0.25, -0.2) is 4.99 Å². The Morgan fingerprint density at radius 1 is 1.07 bits per heavy atom. The summed E-state index contributed by atoms with van der Waals surface area (Å²) in [5.41, 5.74) is 9.63. The van der Waals surface area contributed by atoms with Gasteiger partial charge in [0, 0.05) is 35.4 Å². The van der Waals surface area contributed by atoms with Gasteiger partial charge in [-0.15, -0.1) is 0 Å². The maximum atomic E-state index is 12.2. The summed E-state index contributed by atoms with van der Waals surface area (Å²) < 4.78 is 0. The largest absolute Gasteiger partial charge is 0.384 e. The molecule has 0 radical (unpaired) electrons. The zero-order valence-corrected chi connectivity index (χ0v) is 15.9. The molecule has 0 atom stereocenters. The number of nitrogens with one attached hydrogen (secondary N) is 3. The van der Waals surface area contributed by atoms with Crippen LogP contribution in [0.5, 0.6) is 0 Å². The number of hydrogen-bond acceptors (Lipinski definition) is 5. The Bertz CT molecular complexity index is 1230. The molecule has 4 aromatic rings. The number of rotatable bonds is 6. The molecule has 0 bridgehead atoms. The number of benzene rings is 2. The molecule has 5 N–H and O–H groups in total. The normalized spacial score (nSPS) is 11.7. The number of amidine groups is 1. The number of aliphatic imine (C=N–C) groups is 1. The average molecular weight is 397 g/mol. The van der Waals surface area contributed by atoms with E-state index in [1.165, 1.54) is 6.20 Å². The molecule has 2 aromatic carbocycles. The number of anilines is 2. The van der Waals surface area contributed by atoms with Gasteiger partial charge in [0.25, 0.3) is 5.91 Å². The molecule has 0 aliphatic rings. The zero-order chi connectivity index (χ0) is 20.8. The molecule has 0 aliphatic heterocycles. The number of nitrogens with two attached hydrogens (primary N) is 1. The number of aromatic nitrogens is 3. The third kappa shape index (κ3) is 4.68. The number of hydrogen-bond donors (Lipinski definition) is 4. The second-order valence-electron chi connectivity index (χ2n) is 6.43. The second kappa shape index (κ2) is 8.70. The summed E-state index contributed by atoms with van der Waals surface area (Å²) >= 11 is 0. The van der Waals surface area contributed by atoms with E-state index in [-0.39, 0.29) is 5.91 Å². The number of nitrogens with zero attached hydrogens (tertiary/aromatic N) is 3. The minimum atomic E-state index is -0.221. The van der Waals surface area contributed by atoms with Crippen LogP contribution in [0.2, 0.25) is 0 Å². The molecule has 1 amide bonds. The van der Waals surface area contributed by atoms with E-state index in [0.717, 1.165) is 22.3 Å². The SMILES string of the molecule is NC(/C=C\Nc1cccc(NC(=O)c2cccnc2)c1)=Nc1ccc2[nH]ncc2c1. The molecule has 0 saturated heterocycles. The van der Waals surface area contributed by atoms with Crippen molar-refractivity contribution >= 4 is 39.7 Å². The molecule has 0 spiro atoms. The average Bonchev–Trinajstić information content (AvgIpc) is 3.22. The lowest BCUT2D eigenvalue weighted by Crippen LogP contribution is -2.12. The Morgan fingerprint density at radius 2 is 1.97 bits per heavy atom. The van der Waals surface area contributed by atoms with Crippen LogP contribution in [0, 0.1) is 0 Å². The number of amides is 1. The van der Waals surface area contributed by atoms with Crippen LogP contribution >= 0.6 is 0 Å². The molecule has 8 nitrogen and oxygen atoms in total. The van der Waals surface area contributed by atoms with Gasteiger partial charge in [-0.3, -0.25) is 14.9 Å². The fourth-order valence-corrected chi connectivity index (χ4v) is 2.80. The number of carbonyl (C=O) groups is 1. The van der Waals surface area contributed by atoms with Crippen molar-refractivity contribution in [2.45, 2.75) is 0 Å². The van der Waals surface area contributed by atoms with Crippen molar-refractivity contribution in [1.82, 2.24) is 15.2 Å². The van der Waals surface area contributed by atoms with Crippen LogP contribution in [0.1, 0.15) is 10.4 Å². The third-order valence-electron chi connectivity index (χ3n) is 4.23. The molecule has 0 unspecified atom stereocenters. The van der Waals surface area contributed by atoms with E-state index in [1.54, 1.807) is 36.8 Å². The molecule has 0 aliphatic carbocycles. The van der Waals surface area contributed by atoms with E-state index in [1.807, 2.05) is 42.5 Å². The van der Waals surface area contributed by atoms with E-state index in [9.17, 15) is 4.79 Å². The Labute approximate surface area is 172 Å². The van der Waals surface area contributed by atoms with Crippen molar-refractivity contribution < 1.29 is 4.79 Å². The summed E-state index contributed by atoms with van der Waals surface area (Å²) in [7, 11) is 0. The first-order valence-electron chi connectivity index (χ1n) is 9.19. The van der Waals surface area contributed by atoms with E-state index >= 15 is 0 Å². The minimum Gasteiger partial charge on any atom is -0.384 e. The van der Waals surface area contributed by atoms with Crippen molar-refractivity contribution in [3.8, 4) is 0 Å². The van der Waals surface area contributed by atoms with Crippen LogP contribution in [-0.4, -0.2) is 26.9 Å². The first kappa shape index (κ1) is 18.9. The highest BCUT2D eigenvalue weighted by atomic mass is 16.1. The molecular weight excluding hydrogens is 378 g/mol. The molecule has 148 valence electrons. The summed E-state index contributed by atoms with van der Waals surface area (Å²) in [5, 5.41) is 13.8. The topological polar surface area (TPSA) is 121 Å². The van der Waals surface area contributed by atoms with Crippen LogP contribution in [0.4, 0.5) is 17.1 Å². The standard InChI is InChI=1S/C22H19N7O/c23-21(27-19-6-7-20-16(11-19)14-26-29-20)8-10-25-17-4-1-5-18(12-17)28-22(30)15-3-2-9-24-13-15/h1-14,25H,(H2,23,27)(H,26,29)(H,28,30)/b10-8-. The molecule has 2 aromatic heterocycles. The van der Waals surface area contributed by atoms with Crippen molar-refractivity contribution in [3.05, 3.63) is 91.0 Å². The van der Waals surface area contributed by atoms with E-state index in [0.29, 0.717) is 17.1 Å². The van der Waals surface area contributed by atoms with E-state index in [4.69, 9.17) is 5.73 Å². The van der Waals surface area contributed by atoms with Gasteiger partial charge in [-0.2, -0.15) is 5.10 Å². The van der Waals surface area contributed by atoms with Gasteiger partial charge < -0.3 is 16.4 Å². The Morgan fingerprint density at radius 3 is 2.83 bits per heavy atom. The highest BCUT2D eigenvalue weighted by Crippen LogP contribution is 2.19. The Balaban J connectivity index is 1.38. The van der Waals surface area contributed by atoms with Gasteiger partial charge in [-0.05, 0) is 54.6 Å². The van der Waals surface area contributed by atoms with Gasteiger partial charge in [0.05, 0.1) is 23.0 Å². The molecule has 0 saturated carbocycles. The summed E-state index contributed by atoms with van der Waals surface area (Å²) in [6.07, 6.45) is 8.24. The number of carbonyl (C=O) groups excluding carboxylic acids is 1. The highest BCUT2D eigenvalue weighted by Gasteiger charge is 2.05. The van der Waals surface area contributed by atoms with Crippen molar-refractivity contribution in [3.63, 3.8) is 0 Å². The first-order valence-corrected chi connectivity index (χ1v) is 9.19. The molecule has 0 fully saturated rings. The lowest BCUT2D eigenvalue weighted by Gasteiger charge is -2.07. The highest BCUT2D eigenvalue weighted by molar-refractivity contribution is 6.04. The summed E-state index contributed by atoms with van der Waals surface area (Å²) in [4.78, 5) is 20.6. The summed E-state index contributed by atoms with van der Waals surface area (Å²) in [5.74, 6) is 0.133. The summed E-state index contributed by atoms with van der Waals surface area (Å²) in [6, 6.07) is 16.4. The fourth-order valence-electron chi connectivity index (χ4n) is 2.80. The van der Waals surface area contributed by atoms with Crippen molar-refractivity contribution in [2.24, 2.45) is 10.7 Å². The fraction of sp³-hybridized carbons (Fsp3) is 0. The van der Waals surface area contributed by atoms with E-state index in [2.05, 4.69) is 30.8 Å². The Kier molecular flexibility index (Phi) is 5.47. The maximum Gasteiger partial charge on any atom is 0.257 e. The quantitative estimate of drug-likeness (QED) is 0.291. The number of H-pyrrole nitrogens is 1. The van der Waals surface area contributed by atoms with Crippen LogP contribution in [0.25, 0.3) is 10.9 Å². The number of aromatic amines is 1. The Hall–Kier alpha value is -4.46. The minimum absolute atomic E-state index is 0.221. The van der Waals surface area contributed by atoms with Crippen LogP contribution in [-0.2, 0) is 0 Å². The molecule has 2 heterocycles. The number of pyridine rings is 1. The molecule has 4 rings (SSSR count). The van der Waals surface area contributed by atoms with Crippen molar-refractivity contribution in [2.75, 3.05) is 10.6 Å².